The van der Waals surface area contributed by atoms with Crippen molar-refractivity contribution in [2.24, 2.45) is 7.05 Å². The van der Waals surface area contributed by atoms with Gasteiger partial charge >= 0.3 is 0 Å². The van der Waals surface area contributed by atoms with Crippen molar-refractivity contribution < 1.29 is 9.32 Å². The van der Waals surface area contributed by atoms with Gasteiger partial charge in [-0.05, 0) is 12.8 Å². The number of aryl methyl sites for hydroxylation is 1. The van der Waals surface area contributed by atoms with E-state index in [0.29, 0.717) is 18.0 Å². The monoisotopic (exact) mass is 332 g/mol. The van der Waals surface area contributed by atoms with E-state index in [-0.39, 0.29) is 17.9 Å². The van der Waals surface area contributed by atoms with Crippen LogP contribution in [0.4, 0.5) is 0 Å². The quantitative estimate of drug-likeness (QED) is 0.888. The van der Waals surface area contributed by atoms with Gasteiger partial charge in [0.25, 0.3) is 5.91 Å². The fraction of sp³-hybridized carbons (Fsp3) is 0.625. The van der Waals surface area contributed by atoms with E-state index >= 15 is 0 Å². The minimum absolute atomic E-state index is 0.0555. The van der Waals surface area contributed by atoms with Gasteiger partial charge in [-0.2, -0.15) is 10.1 Å². The van der Waals surface area contributed by atoms with E-state index in [1.165, 1.54) is 0 Å². The first kappa shape index (κ1) is 16.6. The van der Waals surface area contributed by atoms with Crippen molar-refractivity contribution in [1.29, 1.82) is 0 Å². The van der Waals surface area contributed by atoms with Crippen molar-refractivity contribution in [1.82, 2.24) is 30.1 Å². The summed E-state index contributed by atoms with van der Waals surface area (Å²) in [7, 11) is 1.80. The molecule has 0 aromatic carbocycles. The predicted octanol–water partition coefficient (Wildman–Crippen LogP) is 1.32. The van der Waals surface area contributed by atoms with Crippen LogP contribution in [-0.4, -0.2) is 49.9 Å². The Morgan fingerprint density at radius 3 is 2.75 bits per heavy atom. The number of piperidine rings is 1. The van der Waals surface area contributed by atoms with Crippen molar-refractivity contribution in [2.45, 2.75) is 45.2 Å². The highest BCUT2D eigenvalue weighted by atomic mass is 16.5. The largest absolute Gasteiger partial charge is 0.349 e. The summed E-state index contributed by atoms with van der Waals surface area (Å²) >= 11 is 0. The molecular weight excluding hydrogens is 308 g/mol. The zero-order valence-electron chi connectivity index (χ0n) is 14.4. The van der Waals surface area contributed by atoms with Crippen LogP contribution >= 0.6 is 0 Å². The maximum absolute atomic E-state index is 12.2. The second-order valence-electron chi connectivity index (χ2n) is 6.63. The Balaban J connectivity index is 1.46. The number of hydrogen-bond acceptors (Lipinski definition) is 6. The molecule has 1 aliphatic heterocycles. The number of nitrogens with zero attached hydrogens (tertiary/aromatic N) is 5. The van der Waals surface area contributed by atoms with E-state index in [4.69, 9.17) is 4.52 Å². The highest BCUT2D eigenvalue weighted by Gasteiger charge is 2.23. The summed E-state index contributed by atoms with van der Waals surface area (Å²) in [6, 6.07) is 0.197. The van der Waals surface area contributed by atoms with Crippen LogP contribution in [0.3, 0.4) is 0 Å². The first-order valence-corrected chi connectivity index (χ1v) is 8.35. The van der Waals surface area contributed by atoms with Gasteiger partial charge < -0.3 is 9.84 Å². The third-order valence-corrected chi connectivity index (χ3v) is 4.25. The second kappa shape index (κ2) is 7.12. The van der Waals surface area contributed by atoms with E-state index in [1.54, 1.807) is 24.1 Å². The van der Waals surface area contributed by atoms with Gasteiger partial charge in [0.15, 0.2) is 5.82 Å². The topological polar surface area (TPSA) is 89.1 Å². The Labute approximate surface area is 141 Å². The smallest absolute Gasteiger partial charge is 0.254 e. The molecule has 0 aliphatic carbocycles. The molecule has 1 aliphatic rings. The molecule has 0 saturated carbocycles. The molecule has 0 radical (unpaired) electrons. The summed E-state index contributed by atoms with van der Waals surface area (Å²) in [6.07, 6.45) is 5.15. The molecule has 24 heavy (non-hydrogen) atoms. The number of carbonyl (C=O) groups is 1. The third-order valence-electron chi connectivity index (χ3n) is 4.25. The van der Waals surface area contributed by atoms with Crippen molar-refractivity contribution >= 4 is 5.91 Å². The van der Waals surface area contributed by atoms with Crippen LogP contribution in [0.2, 0.25) is 0 Å². The standard InChI is InChI=1S/C16H24N6O2/c1-11(2)15-19-14(24-20-15)10-22-6-4-13(5-7-22)18-16(23)12-8-17-21(3)9-12/h8-9,11,13H,4-7,10H2,1-3H3,(H,18,23). The normalized spacial score (nSPS) is 16.7. The van der Waals surface area contributed by atoms with Crippen LogP contribution in [0.25, 0.3) is 0 Å². The zero-order chi connectivity index (χ0) is 17.1. The summed E-state index contributed by atoms with van der Waals surface area (Å²) in [5.74, 6) is 1.64. The number of rotatable bonds is 5. The highest BCUT2D eigenvalue weighted by molar-refractivity contribution is 5.93. The van der Waals surface area contributed by atoms with Crippen molar-refractivity contribution in [2.75, 3.05) is 13.1 Å². The molecule has 130 valence electrons. The molecule has 1 saturated heterocycles. The SMILES string of the molecule is CC(C)c1noc(CN2CCC(NC(=O)c3cnn(C)c3)CC2)n1. The lowest BCUT2D eigenvalue weighted by Crippen LogP contribution is -2.44. The molecular formula is C16H24N6O2. The van der Waals surface area contributed by atoms with Crippen molar-refractivity contribution in [3.05, 3.63) is 29.7 Å². The molecule has 2 aromatic rings. The van der Waals surface area contributed by atoms with Crippen LogP contribution in [0.15, 0.2) is 16.9 Å². The van der Waals surface area contributed by atoms with Crippen LogP contribution in [-0.2, 0) is 13.6 Å². The molecule has 3 rings (SSSR count). The molecule has 8 nitrogen and oxygen atoms in total. The first-order valence-electron chi connectivity index (χ1n) is 8.35. The van der Waals surface area contributed by atoms with Crippen molar-refractivity contribution in [3.8, 4) is 0 Å². The Morgan fingerprint density at radius 1 is 1.42 bits per heavy atom. The fourth-order valence-electron chi connectivity index (χ4n) is 2.80. The van der Waals surface area contributed by atoms with Crippen LogP contribution in [0.1, 0.15) is 54.7 Å². The lowest BCUT2D eigenvalue weighted by molar-refractivity contribution is 0.0904. The summed E-state index contributed by atoms with van der Waals surface area (Å²) < 4.78 is 6.93. The number of carbonyl (C=O) groups excluding carboxylic acids is 1. The van der Waals surface area contributed by atoms with E-state index in [9.17, 15) is 4.79 Å². The molecule has 0 unspecified atom stereocenters. The number of nitrogens with one attached hydrogen (secondary N) is 1. The maximum Gasteiger partial charge on any atom is 0.254 e. The molecule has 0 bridgehead atoms. The van der Waals surface area contributed by atoms with Crippen LogP contribution < -0.4 is 5.32 Å². The Morgan fingerprint density at radius 2 is 2.17 bits per heavy atom. The molecule has 0 spiro atoms. The van der Waals surface area contributed by atoms with Crippen molar-refractivity contribution in [3.63, 3.8) is 0 Å². The van der Waals surface area contributed by atoms with E-state index in [0.717, 1.165) is 31.8 Å². The van der Waals surface area contributed by atoms with E-state index in [1.807, 2.05) is 13.8 Å². The van der Waals surface area contributed by atoms with Gasteiger partial charge in [0.2, 0.25) is 5.89 Å². The van der Waals surface area contributed by atoms with E-state index in [2.05, 4.69) is 25.5 Å². The summed E-state index contributed by atoms with van der Waals surface area (Å²) in [5.41, 5.74) is 0.604. The summed E-state index contributed by atoms with van der Waals surface area (Å²) in [4.78, 5) is 18.9. The number of likely N-dealkylation sites (tertiary alicyclic amines) is 1. The lowest BCUT2D eigenvalue weighted by atomic mass is 10.0. The van der Waals surface area contributed by atoms with Gasteiger partial charge in [-0.25, -0.2) is 0 Å². The van der Waals surface area contributed by atoms with Gasteiger partial charge in [0.1, 0.15) is 0 Å². The highest BCUT2D eigenvalue weighted by Crippen LogP contribution is 2.15. The van der Waals surface area contributed by atoms with Gasteiger partial charge in [-0.3, -0.25) is 14.4 Å². The average molecular weight is 332 g/mol. The summed E-state index contributed by atoms with van der Waals surface area (Å²) in [6.45, 7) is 6.56. The maximum atomic E-state index is 12.2. The average Bonchev–Trinajstić information content (AvgIpc) is 3.18. The molecule has 1 N–H and O–H groups in total. The minimum atomic E-state index is -0.0555. The van der Waals surface area contributed by atoms with Gasteiger partial charge in [0, 0.05) is 38.3 Å². The van der Waals surface area contributed by atoms with Gasteiger partial charge in [-0.15, -0.1) is 0 Å². The fourth-order valence-corrected chi connectivity index (χ4v) is 2.80. The number of aromatic nitrogens is 4. The Bertz CT molecular complexity index is 684. The third kappa shape index (κ3) is 4.00. The predicted molar refractivity (Wildman–Crippen MR) is 87.4 cm³/mol. The van der Waals surface area contributed by atoms with Gasteiger partial charge in [-0.1, -0.05) is 19.0 Å². The van der Waals surface area contributed by atoms with E-state index < -0.39 is 0 Å². The second-order valence-corrected chi connectivity index (χ2v) is 6.63. The molecule has 2 aromatic heterocycles. The Hall–Kier alpha value is -2.22. The molecule has 1 amide bonds. The number of amides is 1. The molecule has 8 heteroatoms. The van der Waals surface area contributed by atoms with Gasteiger partial charge in [0.05, 0.1) is 18.3 Å². The minimum Gasteiger partial charge on any atom is -0.349 e. The Kier molecular flexibility index (Phi) is 4.94. The lowest BCUT2D eigenvalue weighted by Gasteiger charge is -2.31. The first-order chi connectivity index (χ1) is 11.5. The summed E-state index contributed by atoms with van der Waals surface area (Å²) in [5, 5.41) is 11.1. The zero-order valence-corrected chi connectivity index (χ0v) is 14.4. The van der Waals surface area contributed by atoms with Crippen LogP contribution in [0, 0.1) is 0 Å². The molecule has 0 atom stereocenters. The molecule has 3 heterocycles. The number of hydrogen-bond donors (Lipinski definition) is 1. The molecule has 1 fully saturated rings. The van der Waals surface area contributed by atoms with Crippen LogP contribution in [0.5, 0.6) is 0 Å².